The van der Waals surface area contributed by atoms with Crippen molar-refractivity contribution in [3.05, 3.63) is 0 Å². The summed E-state index contributed by atoms with van der Waals surface area (Å²) in [5.74, 6) is 0. The molecule has 0 rings (SSSR count). The van der Waals surface area contributed by atoms with E-state index < -0.39 is 0 Å². The third-order valence-electron chi connectivity index (χ3n) is 0.242. The van der Waals surface area contributed by atoms with Crippen LogP contribution in [0.15, 0.2) is 4.99 Å². The highest BCUT2D eigenvalue weighted by molar-refractivity contribution is 6.64. The lowest BCUT2D eigenvalue weighted by Crippen LogP contribution is -1.72. The van der Waals surface area contributed by atoms with Crippen LogP contribution in [0.4, 0.5) is 0 Å². The van der Waals surface area contributed by atoms with Crippen molar-refractivity contribution in [2.45, 2.75) is 6.92 Å². The predicted octanol–water partition coefficient (Wildman–Crippen LogP) is 1.25. The number of amidine groups is 1. The van der Waals surface area contributed by atoms with E-state index in [1.165, 1.54) is 6.21 Å². The quantitative estimate of drug-likeness (QED) is 0.273. The molecule has 0 fully saturated rings. The van der Waals surface area contributed by atoms with Crippen LogP contribution < -0.4 is 0 Å². The van der Waals surface area contributed by atoms with Gasteiger partial charge in [0.1, 0.15) is 0 Å². The molecule has 3 heteroatoms. The Hall–Kier alpha value is -0.370. The lowest BCUT2D eigenvalue weighted by molar-refractivity contribution is 1.50. The molecule has 0 saturated carbocycles. The molecule has 0 heterocycles. The zero-order valence-electron chi connectivity index (χ0n) is 3.40. The Morgan fingerprint density at radius 2 is 2.50 bits per heavy atom. The summed E-state index contributed by atoms with van der Waals surface area (Å²) in [5, 5.41) is 6.29. The van der Waals surface area contributed by atoms with Gasteiger partial charge in [-0.05, 0) is 18.5 Å². The maximum absolute atomic E-state index is 6.46. The van der Waals surface area contributed by atoms with Crippen LogP contribution in [0.5, 0.6) is 0 Å². The maximum atomic E-state index is 6.46. The largest absolute Gasteiger partial charge is 0.272 e. The Bertz CT molecular complexity index is 76.9. The average molecular weight is 105 g/mol. The van der Waals surface area contributed by atoms with Gasteiger partial charge in [0.15, 0.2) is 0 Å². The van der Waals surface area contributed by atoms with E-state index in [1.807, 2.05) is 0 Å². The third-order valence-corrected chi connectivity index (χ3v) is 0.340. The van der Waals surface area contributed by atoms with E-state index in [9.17, 15) is 0 Å². The van der Waals surface area contributed by atoms with Gasteiger partial charge in [0.05, 0.1) is 0 Å². The monoisotopic (exact) mass is 104 g/mol. The van der Waals surface area contributed by atoms with E-state index in [-0.39, 0.29) is 5.29 Å². The smallest absolute Gasteiger partial charge is 0.214 e. The molecule has 6 heavy (non-hydrogen) atoms. The minimum absolute atomic E-state index is 0.169. The molecule has 0 aliphatic rings. The first-order chi connectivity index (χ1) is 2.77. The molecule has 0 saturated heterocycles. The summed E-state index contributed by atoms with van der Waals surface area (Å²) in [6, 6.07) is 0. The standard InChI is InChI=1S/C3H5ClN2/c1-2-6-3(4)5/h2,5H,1H3. The normalized spacial score (nSPS) is 9.67. The van der Waals surface area contributed by atoms with Gasteiger partial charge in [-0.1, -0.05) is 0 Å². The van der Waals surface area contributed by atoms with Crippen molar-refractivity contribution in [1.82, 2.24) is 0 Å². The molecule has 0 unspecified atom stereocenters. The van der Waals surface area contributed by atoms with E-state index in [4.69, 9.17) is 17.0 Å². The summed E-state index contributed by atoms with van der Waals surface area (Å²) in [7, 11) is 0. The van der Waals surface area contributed by atoms with Gasteiger partial charge in [-0.15, -0.1) is 0 Å². The molecule has 0 aliphatic carbocycles. The van der Waals surface area contributed by atoms with E-state index in [2.05, 4.69) is 4.99 Å². The van der Waals surface area contributed by atoms with Gasteiger partial charge >= 0.3 is 0 Å². The van der Waals surface area contributed by atoms with Gasteiger partial charge in [0, 0.05) is 6.21 Å². The first-order valence-corrected chi connectivity index (χ1v) is 1.88. The molecule has 0 atom stereocenters. The zero-order chi connectivity index (χ0) is 4.99. The van der Waals surface area contributed by atoms with Gasteiger partial charge < -0.3 is 0 Å². The fraction of sp³-hybridized carbons (Fsp3) is 0.333. The Labute approximate surface area is 41.4 Å². The summed E-state index contributed by atoms with van der Waals surface area (Å²) >= 11 is 4.96. The molecule has 0 bridgehead atoms. The molecule has 34 valence electrons. The molecule has 2 nitrogen and oxygen atoms in total. The second-order valence-electron chi connectivity index (χ2n) is 0.678. The van der Waals surface area contributed by atoms with Crippen LogP contribution in [0.3, 0.4) is 0 Å². The predicted molar refractivity (Wildman–Crippen MR) is 27.7 cm³/mol. The number of halogens is 1. The lowest BCUT2D eigenvalue weighted by Gasteiger charge is -1.71. The molecular weight excluding hydrogens is 99.5 g/mol. The summed E-state index contributed by atoms with van der Waals surface area (Å²) in [5.41, 5.74) is 0. The van der Waals surface area contributed by atoms with Crippen molar-refractivity contribution >= 4 is 23.1 Å². The maximum Gasteiger partial charge on any atom is 0.214 e. The summed E-state index contributed by atoms with van der Waals surface area (Å²) in [6.07, 6.45) is 1.47. The number of rotatable bonds is 0. The fourth-order valence-corrected chi connectivity index (χ4v) is 0.211. The number of nitrogens with one attached hydrogen (secondary N) is 1. The molecule has 0 aliphatic heterocycles. The minimum atomic E-state index is -0.169. The first-order valence-electron chi connectivity index (χ1n) is 1.50. The molecule has 0 aromatic carbocycles. The Morgan fingerprint density at radius 3 is 2.50 bits per heavy atom. The molecule has 0 amide bonds. The van der Waals surface area contributed by atoms with Gasteiger partial charge in [0.2, 0.25) is 5.29 Å². The second-order valence-corrected chi connectivity index (χ2v) is 1.04. The minimum Gasteiger partial charge on any atom is -0.272 e. The molecule has 1 N–H and O–H groups in total. The summed E-state index contributed by atoms with van der Waals surface area (Å²) in [4.78, 5) is 3.35. The van der Waals surface area contributed by atoms with Crippen molar-refractivity contribution in [2.75, 3.05) is 0 Å². The molecule has 0 aromatic heterocycles. The van der Waals surface area contributed by atoms with Crippen molar-refractivity contribution < 1.29 is 0 Å². The third kappa shape index (κ3) is 3.63. The number of hydrogen-bond donors (Lipinski definition) is 1. The SMILES string of the molecule is CC=NC(=N)Cl. The van der Waals surface area contributed by atoms with E-state index in [0.717, 1.165) is 0 Å². The highest BCUT2D eigenvalue weighted by Crippen LogP contribution is 1.77. The summed E-state index contributed by atoms with van der Waals surface area (Å²) in [6.45, 7) is 1.71. The molecule has 0 spiro atoms. The van der Waals surface area contributed by atoms with Crippen LogP contribution in [-0.4, -0.2) is 11.5 Å². The van der Waals surface area contributed by atoms with Crippen molar-refractivity contribution in [3.8, 4) is 0 Å². The van der Waals surface area contributed by atoms with Gasteiger partial charge in [-0.3, -0.25) is 5.41 Å². The Balaban J connectivity index is 3.30. The highest BCUT2D eigenvalue weighted by Gasteiger charge is 1.71. The average Bonchev–Trinajstić information content (AvgIpc) is 1.35. The Kier molecular flexibility index (Phi) is 2.67. The van der Waals surface area contributed by atoms with Crippen LogP contribution in [0, 0.1) is 5.41 Å². The lowest BCUT2D eigenvalue weighted by atomic mass is 10.9. The fourth-order valence-electron chi connectivity index (χ4n) is 0.113. The molecule has 0 radical (unpaired) electrons. The van der Waals surface area contributed by atoms with Crippen molar-refractivity contribution in [3.63, 3.8) is 0 Å². The zero-order valence-corrected chi connectivity index (χ0v) is 4.16. The van der Waals surface area contributed by atoms with Gasteiger partial charge in [-0.25, -0.2) is 4.99 Å². The van der Waals surface area contributed by atoms with Crippen LogP contribution in [0.1, 0.15) is 6.92 Å². The van der Waals surface area contributed by atoms with Gasteiger partial charge in [-0.2, -0.15) is 0 Å². The number of nitrogens with zero attached hydrogens (tertiary/aromatic N) is 1. The number of hydrogen-bond acceptors (Lipinski definition) is 1. The van der Waals surface area contributed by atoms with Crippen LogP contribution in [0.25, 0.3) is 0 Å². The van der Waals surface area contributed by atoms with E-state index in [0.29, 0.717) is 0 Å². The second kappa shape index (κ2) is 2.85. The van der Waals surface area contributed by atoms with E-state index in [1.54, 1.807) is 6.92 Å². The van der Waals surface area contributed by atoms with E-state index >= 15 is 0 Å². The van der Waals surface area contributed by atoms with Crippen LogP contribution in [0.2, 0.25) is 0 Å². The van der Waals surface area contributed by atoms with Gasteiger partial charge in [0.25, 0.3) is 0 Å². The summed E-state index contributed by atoms with van der Waals surface area (Å²) < 4.78 is 0. The topological polar surface area (TPSA) is 36.2 Å². The first kappa shape index (κ1) is 5.63. The molecule has 0 aromatic rings. The van der Waals surface area contributed by atoms with Crippen molar-refractivity contribution in [2.24, 2.45) is 4.99 Å². The molecular formula is C3H5ClN2. The Morgan fingerprint density at radius 1 is 2.00 bits per heavy atom. The van der Waals surface area contributed by atoms with Crippen molar-refractivity contribution in [1.29, 1.82) is 5.41 Å². The number of aliphatic imine (C=N–C) groups is 1. The highest BCUT2D eigenvalue weighted by atomic mass is 35.5. The van der Waals surface area contributed by atoms with Crippen LogP contribution in [-0.2, 0) is 0 Å². The van der Waals surface area contributed by atoms with Crippen LogP contribution >= 0.6 is 11.6 Å².